The van der Waals surface area contributed by atoms with Crippen LogP contribution >= 0.6 is 0 Å². The molecule has 2 amide bonds. The van der Waals surface area contributed by atoms with E-state index in [1.54, 1.807) is 6.92 Å². The van der Waals surface area contributed by atoms with E-state index in [9.17, 15) is 14.7 Å². The number of benzene rings is 1. The van der Waals surface area contributed by atoms with Gasteiger partial charge in [-0.2, -0.15) is 0 Å². The maximum absolute atomic E-state index is 12.4. The second-order valence-corrected chi connectivity index (χ2v) is 6.76. The predicted molar refractivity (Wildman–Crippen MR) is 83.7 cm³/mol. The van der Waals surface area contributed by atoms with Crippen molar-refractivity contribution in [1.82, 2.24) is 4.90 Å². The standard InChI is InChI=1S/C17H22N2O3/c1-11-4-3-5-14-13(11)10-19(16(22)18-14)12-6-8-17(2,9-7-12)15(20)21/h3-5,12H,6-10H2,1-2H3,(H,18,22)(H,20,21). The number of aryl methyl sites for hydroxylation is 1. The number of amides is 2. The molecule has 1 aromatic carbocycles. The van der Waals surface area contributed by atoms with Crippen molar-refractivity contribution in [3.8, 4) is 0 Å². The molecular formula is C17H22N2O3. The molecule has 0 spiro atoms. The van der Waals surface area contributed by atoms with Crippen LogP contribution in [0.5, 0.6) is 0 Å². The smallest absolute Gasteiger partial charge is 0.322 e. The second-order valence-electron chi connectivity index (χ2n) is 6.76. The third kappa shape index (κ3) is 2.45. The highest BCUT2D eigenvalue weighted by atomic mass is 16.4. The molecule has 0 atom stereocenters. The largest absolute Gasteiger partial charge is 0.481 e. The van der Waals surface area contributed by atoms with E-state index in [4.69, 9.17) is 0 Å². The fourth-order valence-electron chi connectivity index (χ4n) is 3.52. The summed E-state index contributed by atoms with van der Waals surface area (Å²) in [6, 6.07) is 5.99. The SMILES string of the molecule is Cc1cccc2c1CN(C1CCC(C)(C(=O)O)CC1)C(=O)N2. The first-order valence-electron chi connectivity index (χ1n) is 7.80. The van der Waals surface area contributed by atoms with Crippen molar-refractivity contribution < 1.29 is 14.7 Å². The third-order valence-corrected chi connectivity index (χ3v) is 5.26. The summed E-state index contributed by atoms with van der Waals surface area (Å²) in [6.45, 7) is 4.47. The molecule has 1 saturated carbocycles. The Morgan fingerprint density at radius 2 is 2.05 bits per heavy atom. The van der Waals surface area contributed by atoms with Gasteiger partial charge >= 0.3 is 12.0 Å². The number of carbonyl (C=O) groups is 2. The van der Waals surface area contributed by atoms with Crippen molar-refractivity contribution in [3.05, 3.63) is 29.3 Å². The molecule has 0 radical (unpaired) electrons. The zero-order valence-electron chi connectivity index (χ0n) is 13.1. The van der Waals surface area contributed by atoms with Gasteiger partial charge in [0.05, 0.1) is 12.0 Å². The van der Waals surface area contributed by atoms with Crippen LogP contribution in [0, 0.1) is 12.3 Å². The van der Waals surface area contributed by atoms with Crippen LogP contribution in [0.3, 0.4) is 0 Å². The van der Waals surface area contributed by atoms with Gasteiger partial charge in [-0.3, -0.25) is 4.79 Å². The van der Waals surface area contributed by atoms with Crippen molar-refractivity contribution in [2.45, 2.75) is 52.1 Å². The summed E-state index contributed by atoms with van der Waals surface area (Å²) in [5, 5.41) is 12.3. The Morgan fingerprint density at radius 3 is 2.68 bits per heavy atom. The quantitative estimate of drug-likeness (QED) is 0.880. The first kappa shape index (κ1) is 14.9. The van der Waals surface area contributed by atoms with Crippen LogP contribution in [-0.4, -0.2) is 28.0 Å². The lowest BCUT2D eigenvalue weighted by atomic mass is 9.73. The monoisotopic (exact) mass is 302 g/mol. The predicted octanol–water partition coefficient (Wildman–Crippen LogP) is 3.38. The fourth-order valence-corrected chi connectivity index (χ4v) is 3.52. The van der Waals surface area contributed by atoms with E-state index < -0.39 is 11.4 Å². The zero-order valence-corrected chi connectivity index (χ0v) is 13.1. The Morgan fingerprint density at radius 1 is 1.36 bits per heavy atom. The number of hydrogen-bond donors (Lipinski definition) is 2. The minimum atomic E-state index is -0.727. The Balaban J connectivity index is 1.76. The maximum Gasteiger partial charge on any atom is 0.322 e. The molecule has 0 unspecified atom stereocenters. The minimum Gasteiger partial charge on any atom is -0.481 e. The van der Waals surface area contributed by atoms with E-state index in [1.807, 2.05) is 17.0 Å². The normalized spacial score (nSPS) is 28.0. The zero-order chi connectivity index (χ0) is 15.9. The number of rotatable bonds is 2. The number of urea groups is 1. The molecule has 0 saturated heterocycles. The van der Waals surface area contributed by atoms with Crippen molar-refractivity contribution >= 4 is 17.7 Å². The number of nitrogens with one attached hydrogen (secondary N) is 1. The van der Waals surface area contributed by atoms with Crippen molar-refractivity contribution in [2.75, 3.05) is 5.32 Å². The highest BCUT2D eigenvalue weighted by Gasteiger charge is 2.40. The Kier molecular flexibility index (Phi) is 3.59. The number of carboxylic acids is 1. The van der Waals surface area contributed by atoms with Gasteiger partial charge in [0.15, 0.2) is 0 Å². The van der Waals surface area contributed by atoms with Gasteiger partial charge in [0.2, 0.25) is 0 Å². The van der Waals surface area contributed by atoms with Gasteiger partial charge < -0.3 is 15.3 Å². The van der Waals surface area contributed by atoms with Crippen LogP contribution in [0.4, 0.5) is 10.5 Å². The highest BCUT2D eigenvalue weighted by Crippen LogP contribution is 2.39. The van der Waals surface area contributed by atoms with Gasteiger partial charge in [-0.15, -0.1) is 0 Å². The summed E-state index contributed by atoms with van der Waals surface area (Å²) in [6.07, 6.45) is 2.74. The van der Waals surface area contributed by atoms with Crippen LogP contribution < -0.4 is 5.32 Å². The lowest BCUT2D eigenvalue weighted by molar-refractivity contribution is -0.150. The molecule has 5 nitrogen and oxygen atoms in total. The number of nitrogens with zero attached hydrogens (tertiary/aromatic N) is 1. The lowest BCUT2D eigenvalue weighted by Gasteiger charge is -2.41. The number of carboxylic acid groups (broad SMARTS) is 1. The van der Waals surface area contributed by atoms with Crippen molar-refractivity contribution in [1.29, 1.82) is 0 Å². The first-order chi connectivity index (χ1) is 10.4. The number of fused-ring (bicyclic) bond motifs is 1. The summed E-state index contributed by atoms with van der Waals surface area (Å²) in [5.41, 5.74) is 2.59. The van der Waals surface area contributed by atoms with Crippen LogP contribution in [0.25, 0.3) is 0 Å². The molecule has 2 aliphatic rings. The average Bonchev–Trinajstić information content (AvgIpc) is 2.48. The molecule has 5 heteroatoms. The van der Waals surface area contributed by atoms with Gasteiger partial charge in [0.1, 0.15) is 0 Å². The molecule has 0 aromatic heterocycles. The molecule has 1 fully saturated rings. The van der Waals surface area contributed by atoms with Crippen LogP contribution in [0.2, 0.25) is 0 Å². The number of aliphatic carboxylic acids is 1. The molecule has 2 N–H and O–H groups in total. The number of carbonyl (C=O) groups excluding carboxylic acids is 1. The molecule has 1 aromatic rings. The third-order valence-electron chi connectivity index (χ3n) is 5.26. The molecule has 3 rings (SSSR count). The van der Waals surface area contributed by atoms with E-state index in [0.717, 1.165) is 24.1 Å². The van der Waals surface area contributed by atoms with E-state index in [1.165, 1.54) is 5.56 Å². The van der Waals surface area contributed by atoms with Gasteiger partial charge in [-0.1, -0.05) is 12.1 Å². The van der Waals surface area contributed by atoms with Crippen molar-refractivity contribution in [3.63, 3.8) is 0 Å². The number of anilines is 1. The Hall–Kier alpha value is -2.04. The van der Waals surface area contributed by atoms with Crippen molar-refractivity contribution in [2.24, 2.45) is 5.41 Å². The number of hydrogen-bond acceptors (Lipinski definition) is 2. The van der Waals surface area contributed by atoms with E-state index in [-0.39, 0.29) is 12.1 Å². The molecule has 118 valence electrons. The Labute approximate surface area is 130 Å². The topological polar surface area (TPSA) is 69.6 Å². The fraction of sp³-hybridized carbons (Fsp3) is 0.529. The van der Waals surface area contributed by atoms with Gasteiger partial charge in [0.25, 0.3) is 0 Å². The van der Waals surface area contributed by atoms with Crippen LogP contribution in [0.1, 0.15) is 43.7 Å². The summed E-state index contributed by atoms with van der Waals surface area (Å²) >= 11 is 0. The van der Waals surface area contributed by atoms with E-state index in [0.29, 0.717) is 19.4 Å². The van der Waals surface area contributed by atoms with Crippen LogP contribution in [0.15, 0.2) is 18.2 Å². The van der Waals surface area contributed by atoms with Gasteiger partial charge in [-0.25, -0.2) is 4.79 Å². The first-order valence-corrected chi connectivity index (χ1v) is 7.80. The van der Waals surface area contributed by atoms with Gasteiger partial charge in [-0.05, 0) is 56.7 Å². The molecule has 1 aliphatic carbocycles. The average molecular weight is 302 g/mol. The summed E-state index contributed by atoms with van der Waals surface area (Å²) in [4.78, 5) is 25.6. The lowest BCUT2D eigenvalue weighted by Crippen LogP contribution is -2.48. The molecular weight excluding hydrogens is 280 g/mol. The van der Waals surface area contributed by atoms with Crippen LogP contribution in [-0.2, 0) is 11.3 Å². The molecule has 22 heavy (non-hydrogen) atoms. The van der Waals surface area contributed by atoms with E-state index >= 15 is 0 Å². The van der Waals surface area contributed by atoms with Gasteiger partial charge in [0, 0.05) is 11.7 Å². The Bertz CT molecular complexity index is 618. The highest BCUT2D eigenvalue weighted by molar-refractivity contribution is 5.92. The second kappa shape index (κ2) is 5.30. The minimum absolute atomic E-state index is 0.0676. The summed E-state index contributed by atoms with van der Waals surface area (Å²) < 4.78 is 0. The summed E-state index contributed by atoms with van der Waals surface area (Å²) in [7, 11) is 0. The molecule has 1 aliphatic heterocycles. The summed E-state index contributed by atoms with van der Waals surface area (Å²) in [5.74, 6) is -0.727. The maximum atomic E-state index is 12.4. The molecule has 1 heterocycles. The molecule has 0 bridgehead atoms. The van der Waals surface area contributed by atoms with E-state index in [2.05, 4.69) is 18.3 Å².